The van der Waals surface area contributed by atoms with Gasteiger partial charge in [-0.25, -0.2) is 4.39 Å². The number of carbonyl (C=O) groups is 2. The number of nitrogens with two attached hydrogens (primary N) is 1. The molecule has 6 heteroatoms. The van der Waals surface area contributed by atoms with Gasteiger partial charge in [-0.15, -0.1) is 0 Å². The van der Waals surface area contributed by atoms with Crippen molar-refractivity contribution < 1.29 is 19.1 Å². The molecule has 0 aliphatic heterocycles. The van der Waals surface area contributed by atoms with Gasteiger partial charge in [-0.1, -0.05) is 20.8 Å². The van der Waals surface area contributed by atoms with E-state index >= 15 is 0 Å². The number of hydrogen-bond donors (Lipinski definition) is 3. The summed E-state index contributed by atoms with van der Waals surface area (Å²) >= 11 is 0. The van der Waals surface area contributed by atoms with E-state index in [-0.39, 0.29) is 23.2 Å². The SMILES string of the molecule is CC(C)(C)CC(CNC(=O)c1ccc(N)c(F)c1)C(=O)O. The summed E-state index contributed by atoms with van der Waals surface area (Å²) in [4.78, 5) is 23.1. The van der Waals surface area contributed by atoms with Crippen molar-refractivity contribution in [2.45, 2.75) is 27.2 Å². The molecule has 0 fully saturated rings. The van der Waals surface area contributed by atoms with Crippen LogP contribution in [0.15, 0.2) is 18.2 Å². The van der Waals surface area contributed by atoms with Crippen molar-refractivity contribution in [1.82, 2.24) is 5.32 Å². The zero-order valence-corrected chi connectivity index (χ0v) is 12.4. The van der Waals surface area contributed by atoms with E-state index in [1.807, 2.05) is 20.8 Å². The number of carboxylic acid groups (broad SMARTS) is 1. The zero-order chi connectivity index (χ0) is 16.2. The van der Waals surface area contributed by atoms with Crippen LogP contribution in [0, 0.1) is 17.2 Å². The molecule has 1 amide bonds. The average Bonchev–Trinajstić information content (AvgIpc) is 2.35. The summed E-state index contributed by atoms with van der Waals surface area (Å²) in [6.45, 7) is 5.79. The molecule has 0 saturated heterocycles. The van der Waals surface area contributed by atoms with Crippen molar-refractivity contribution >= 4 is 17.6 Å². The predicted octanol–water partition coefficient (Wildman–Crippen LogP) is 2.27. The van der Waals surface area contributed by atoms with E-state index in [9.17, 15) is 19.1 Å². The van der Waals surface area contributed by atoms with Gasteiger partial charge >= 0.3 is 5.97 Å². The lowest BCUT2D eigenvalue weighted by atomic mass is 9.84. The van der Waals surface area contributed by atoms with E-state index in [0.717, 1.165) is 6.07 Å². The van der Waals surface area contributed by atoms with Crippen LogP contribution in [0.5, 0.6) is 0 Å². The number of carbonyl (C=O) groups excluding carboxylic acids is 1. The second kappa shape index (κ2) is 6.56. The predicted molar refractivity (Wildman–Crippen MR) is 78.3 cm³/mol. The molecule has 116 valence electrons. The minimum Gasteiger partial charge on any atom is -0.481 e. The lowest BCUT2D eigenvalue weighted by molar-refractivity contribution is -0.142. The van der Waals surface area contributed by atoms with Crippen molar-refractivity contribution in [3.63, 3.8) is 0 Å². The summed E-state index contributed by atoms with van der Waals surface area (Å²) in [5, 5.41) is 11.7. The Labute approximate surface area is 123 Å². The van der Waals surface area contributed by atoms with Crippen LogP contribution in [0.25, 0.3) is 0 Å². The maximum atomic E-state index is 13.3. The topological polar surface area (TPSA) is 92.4 Å². The zero-order valence-electron chi connectivity index (χ0n) is 12.4. The lowest BCUT2D eigenvalue weighted by Gasteiger charge is -2.23. The summed E-state index contributed by atoms with van der Waals surface area (Å²) in [7, 11) is 0. The van der Waals surface area contributed by atoms with Crippen molar-refractivity contribution in [3.8, 4) is 0 Å². The monoisotopic (exact) mass is 296 g/mol. The van der Waals surface area contributed by atoms with Crippen LogP contribution >= 0.6 is 0 Å². The van der Waals surface area contributed by atoms with Crippen LogP contribution in [0.3, 0.4) is 0 Å². The molecule has 0 spiro atoms. The molecule has 0 radical (unpaired) electrons. The third-order valence-electron chi connectivity index (χ3n) is 2.98. The average molecular weight is 296 g/mol. The number of rotatable bonds is 5. The molecular formula is C15H21FN2O3. The molecule has 4 N–H and O–H groups in total. The Morgan fingerprint density at radius 2 is 2.00 bits per heavy atom. The number of nitrogen functional groups attached to an aromatic ring is 1. The summed E-state index contributed by atoms with van der Waals surface area (Å²) in [6, 6.07) is 3.73. The van der Waals surface area contributed by atoms with Crippen LogP contribution in [0.1, 0.15) is 37.6 Å². The molecule has 0 heterocycles. The molecule has 0 aliphatic rings. The van der Waals surface area contributed by atoms with Gasteiger partial charge < -0.3 is 16.2 Å². The van der Waals surface area contributed by atoms with Crippen molar-refractivity contribution in [2.24, 2.45) is 11.3 Å². The Bertz CT molecular complexity index is 538. The minimum absolute atomic E-state index is 0.00255. The van der Waals surface area contributed by atoms with Crippen molar-refractivity contribution in [2.75, 3.05) is 12.3 Å². The van der Waals surface area contributed by atoms with Gasteiger partial charge in [-0.2, -0.15) is 0 Å². The molecule has 0 aromatic heterocycles. The molecule has 1 aromatic rings. The maximum Gasteiger partial charge on any atom is 0.308 e. The smallest absolute Gasteiger partial charge is 0.308 e. The Morgan fingerprint density at radius 3 is 2.48 bits per heavy atom. The first-order valence-corrected chi connectivity index (χ1v) is 6.66. The van der Waals surface area contributed by atoms with Crippen LogP contribution in [-0.4, -0.2) is 23.5 Å². The van der Waals surface area contributed by atoms with Crippen LogP contribution in [0.4, 0.5) is 10.1 Å². The van der Waals surface area contributed by atoms with E-state index < -0.39 is 23.6 Å². The fourth-order valence-electron chi connectivity index (χ4n) is 1.97. The minimum atomic E-state index is -0.964. The number of aliphatic carboxylic acids is 1. The third-order valence-corrected chi connectivity index (χ3v) is 2.98. The summed E-state index contributed by atoms with van der Waals surface area (Å²) in [6.07, 6.45) is 0.429. The first-order valence-electron chi connectivity index (χ1n) is 6.66. The van der Waals surface area contributed by atoms with Gasteiger partial charge in [-0.3, -0.25) is 9.59 Å². The van der Waals surface area contributed by atoms with Gasteiger partial charge in [0.05, 0.1) is 11.6 Å². The number of halogens is 1. The maximum absolute atomic E-state index is 13.3. The molecular weight excluding hydrogens is 275 g/mol. The molecule has 0 bridgehead atoms. The highest BCUT2D eigenvalue weighted by Gasteiger charge is 2.25. The third kappa shape index (κ3) is 5.41. The first-order chi connectivity index (χ1) is 9.60. The molecule has 5 nitrogen and oxygen atoms in total. The first kappa shape index (κ1) is 16.9. The number of benzene rings is 1. The fraction of sp³-hybridized carbons (Fsp3) is 0.467. The number of carboxylic acids is 1. The van der Waals surface area contributed by atoms with Gasteiger partial charge in [-0.05, 0) is 30.0 Å². The quantitative estimate of drug-likeness (QED) is 0.727. The van der Waals surface area contributed by atoms with Gasteiger partial charge in [0, 0.05) is 12.1 Å². The highest BCUT2D eigenvalue weighted by atomic mass is 19.1. The lowest BCUT2D eigenvalue weighted by Crippen LogP contribution is -2.35. The molecule has 21 heavy (non-hydrogen) atoms. The molecule has 1 aromatic carbocycles. The molecule has 1 unspecified atom stereocenters. The fourth-order valence-corrected chi connectivity index (χ4v) is 1.97. The Balaban J connectivity index is 2.69. The number of hydrogen-bond acceptors (Lipinski definition) is 3. The Hall–Kier alpha value is -2.11. The highest BCUT2D eigenvalue weighted by Crippen LogP contribution is 2.24. The number of amides is 1. The molecule has 0 aliphatic carbocycles. The standard InChI is InChI=1S/C15H21FN2O3/c1-15(2,3)7-10(14(20)21)8-18-13(19)9-4-5-12(17)11(16)6-9/h4-6,10H,7-8,17H2,1-3H3,(H,18,19)(H,20,21). The van der Waals surface area contributed by atoms with Crippen LogP contribution < -0.4 is 11.1 Å². The van der Waals surface area contributed by atoms with E-state index in [1.54, 1.807) is 0 Å². The van der Waals surface area contributed by atoms with E-state index in [1.165, 1.54) is 12.1 Å². The van der Waals surface area contributed by atoms with Gasteiger partial charge in [0.2, 0.25) is 0 Å². The van der Waals surface area contributed by atoms with Crippen LogP contribution in [0.2, 0.25) is 0 Å². The largest absolute Gasteiger partial charge is 0.481 e. The van der Waals surface area contributed by atoms with Crippen LogP contribution in [-0.2, 0) is 4.79 Å². The normalized spacial score (nSPS) is 12.8. The van der Waals surface area contributed by atoms with Gasteiger partial charge in [0.1, 0.15) is 5.82 Å². The summed E-state index contributed by atoms with van der Waals surface area (Å²) in [5.41, 5.74) is 5.24. The molecule has 1 rings (SSSR count). The van der Waals surface area contributed by atoms with Crippen molar-refractivity contribution in [3.05, 3.63) is 29.6 Å². The molecule has 0 saturated carbocycles. The summed E-state index contributed by atoms with van der Waals surface area (Å²) in [5.74, 6) is -2.84. The Morgan fingerprint density at radius 1 is 1.38 bits per heavy atom. The van der Waals surface area contributed by atoms with E-state index in [4.69, 9.17) is 5.73 Å². The summed E-state index contributed by atoms with van der Waals surface area (Å²) < 4.78 is 13.3. The van der Waals surface area contributed by atoms with Crippen molar-refractivity contribution in [1.29, 1.82) is 0 Å². The number of anilines is 1. The Kier molecular flexibility index (Phi) is 5.29. The second-order valence-corrected chi connectivity index (χ2v) is 6.25. The van der Waals surface area contributed by atoms with E-state index in [2.05, 4.69) is 5.32 Å². The van der Waals surface area contributed by atoms with E-state index in [0.29, 0.717) is 6.42 Å². The second-order valence-electron chi connectivity index (χ2n) is 6.25. The van der Waals surface area contributed by atoms with Gasteiger partial charge in [0.15, 0.2) is 0 Å². The molecule has 1 atom stereocenters. The number of nitrogens with one attached hydrogen (secondary N) is 1. The highest BCUT2D eigenvalue weighted by molar-refractivity contribution is 5.94. The van der Waals surface area contributed by atoms with Gasteiger partial charge in [0.25, 0.3) is 5.91 Å².